The van der Waals surface area contributed by atoms with Crippen LogP contribution in [0.2, 0.25) is 0 Å². The highest BCUT2D eigenvalue weighted by Crippen LogP contribution is 2.29. The van der Waals surface area contributed by atoms with Crippen LogP contribution in [-0.4, -0.2) is 64.7 Å². The summed E-state index contributed by atoms with van der Waals surface area (Å²) in [5.74, 6) is -0.808. The number of halogens is 3. The molecule has 0 spiro atoms. The SMILES string of the molecule is CCN1CCN(C(=O)N(Cc2ccc(C(=O)NO)cc2)c2cccc(C(F)(F)F)n2)CC1. The van der Waals surface area contributed by atoms with E-state index in [-0.39, 0.29) is 17.9 Å². The molecule has 32 heavy (non-hydrogen) atoms. The maximum absolute atomic E-state index is 13.3. The molecule has 0 unspecified atom stereocenters. The predicted octanol–water partition coefficient (Wildman–Crippen LogP) is 2.98. The Morgan fingerprint density at radius 3 is 2.31 bits per heavy atom. The van der Waals surface area contributed by atoms with Crippen LogP contribution < -0.4 is 10.4 Å². The van der Waals surface area contributed by atoms with Crippen molar-refractivity contribution >= 4 is 17.8 Å². The van der Waals surface area contributed by atoms with Crippen LogP contribution >= 0.6 is 0 Å². The van der Waals surface area contributed by atoms with E-state index in [1.165, 1.54) is 34.6 Å². The van der Waals surface area contributed by atoms with Gasteiger partial charge < -0.3 is 9.80 Å². The van der Waals surface area contributed by atoms with Gasteiger partial charge in [-0.15, -0.1) is 0 Å². The third-order valence-corrected chi connectivity index (χ3v) is 5.28. The average Bonchev–Trinajstić information content (AvgIpc) is 2.81. The summed E-state index contributed by atoms with van der Waals surface area (Å²) in [6, 6.07) is 9.02. The summed E-state index contributed by atoms with van der Waals surface area (Å²) < 4.78 is 39.6. The van der Waals surface area contributed by atoms with Crippen LogP contribution in [0.1, 0.15) is 28.5 Å². The Balaban J connectivity index is 1.89. The fourth-order valence-corrected chi connectivity index (χ4v) is 3.41. The number of urea groups is 1. The fraction of sp³-hybridized carbons (Fsp3) is 0.381. The summed E-state index contributed by atoms with van der Waals surface area (Å²) in [5, 5.41) is 8.74. The Morgan fingerprint density at radius 1 is 1.09 bits per heavy atom. The number of piperazine rings is 1. The molecule has 0 aliphatic carbocycles. The fourth-order valence-electron chi connectivity index (χ4n) is 3.41. The predicted molar refractivity (Wildman–Crippen MR) is 110 cm³/mol. The van der Waals surface area contributed by atoms with Gasteiger partial charge in [-0.25, -0.2) is 15.3 Å². The Bertz CT molecular complexity index is 944. The molecule has 2 N–H and O–H groups in total. The van der Waals surface area contributed by atoms with Crippen molar-refractivity contribution < 1.29 is 28.0 Å². The number of anilines is 1. The van der Waals surface area contributed by atoms with E-state index >= 15 is 0 Å². The Morgan fingerprint density at radius 2 is 1.75 bits per heavy atom. The first-order chi connectivity index (χ1) is 15.2. The van der Waals surface area contributed by atoms with Crippen LogP contribution in [0.5, 0.6) is 0 Å². The summed E-state index contributed by atoms with van der Waals surface area (Å²) in [6.45, 7) is 5.11. The summed E-state index contributed by atoms with van der Waals surface area (Å²) in [4.78, 5) is 33.5. The number of aromatic nitrogens is 1. The normalized spacial score (nSPS) is 14.8. The molecule has 2 aromatic rings. The monoisotopic (exact) mass is 451 g/mol. The molecular weight excluding hydrogens is 427 g/mol. The number of hydroxylamine groups is 1. The highest BCUT2D eigenvalue weighted by molar-refractivity contribution is 5.93. The lowest BCUT2D eigenvalue weighted by Gasteiger charge is -2.37. The van der Waals surface area contributed by atoms with Crippen LogP contribution in [0, 0.1) is 0 Å². The third-order valence-electron chi connectivity index (χ3n) is 5.28. The van der Waals surface area contributed by atoms with E-state index in [0.717, 1.165) is 12.6 Å². The first kappa shape index (κ1) is 23.5. The van der Waals surface area contributed by atoms with E-state index in [9.17, 15) is 22.8 Å². The number of hydrogen-bond donors (Lipinski definition) is 2. The van der Waals surface area contributed by atoms with E-state index in [2.05, 4.69) is 9.88 Å². The first-order valence-corrected chi connectivity index (χ1v) is 10.1. The van der Waals surface area contributed by atoms with E-state index in [0.29, 0.717) is 31.7 Å². The molecule has 0 atom stereocenters. The Hall–Kier alpha value is -3.18. The topological polar surface area (TPSA) is 89.0 Å². The molecular formula is C21H24F3N5O3. The van der Waals surface area contributed by atoms with Crippen LogP contribution in [-0.2, 0) is 12.7 Å². The molecule has 2 heterocycles. The van der Waals surface area contributed by atoms with Gasteiger partial charge in [-0.3, -0.25) is 14.9 Å². The van der Waals surface area contributed by atoms with Crippen LogP contribution in [0.4, 0.5) is 23.8 Å². The third kappa shape index (κ3) is 5.54. The maximum atomic E-state index is 13.3. The molecule has 1 aliphatic rings. The lowest BCUT2D eigenvalue weighted by atomic mass is 10.1. The van der Waals surface area contributed by atoms with E-state index in [4.69, 9.17) is 5.21 Å². The van der Waals surface area contributed by atoms with Crippen molar-refractivity contribution in [1.29, 1.82) is 0 Å². The van der Waals surface area contributed by atoms with Gasteiger partial charge in [0.2, 0.25) is 0 Å². The second-order valence-electron chi connectivity index (χ2n) is 7.31. The molecule has 172 valence electrons. The van der Waals surface area contributed by atoms with Crippen LogP contribution in [0.25, 0.3) is 0 Å². The molecule has 1 aliphatic heterocycles. The van der Waals surface area contributed by atoms with Crippen molar-refractivity contribution in [2.24, 2.45) is 0 Å². The van der Waals surface area contributed by atoms with Gasteiger partial charge >= 0.3 is 12.2 Å². The summed E-state index contributed by atoms with van der Waals surface area (Å²) in [6.07, 6.45) is -4.64. The standard InChI is InChI=1S/C21H24F3N5O3/c1-2-27-10-12-28(13-11-27)20(31)29(18-5-3-4-17(25-18)21(22,23)24)14-15-6-8-16(9-7-15)19(30)26-32/h3-9,32H,2,10-14H2,1H3,(H,26,30). The lowest BCUT2D eigenvalue weighted by Crippen LogP contribution is -2.52. The van der Waals surface area contributed by atoms with Gasteiger partial charge in [0.1, 0.15) is 11.5 Å². The number of amides is 3. The van der Waals surface area contributed by atoms with Crippen molar-refractivity contribution in [1.82, 2.24) is 20.3 Å². The summed E-state index contributed by atoms with van der Waals surface area (Å²) in [7, 11) is 0. The van der Waals surface area contributed by atoms with E-state index in [1.807, 2.05) is 6.92 Å². The largest absolute Gasteiger partial charge is 0.433 e. The number of rotatable bonds is 5. The van der Waals surface area contributed by atoms with Gasteiger partial charge in [-0.05, 0) is 36.4 Å². The zero-order valence-corrected chi connectivity index (χ0v) is 17.5. The van der Waals surface area contributed by atoms with Gasteiger partial charge in [-0.1, -0.05) is 25.1 Å². The molecule has 0 radical (unpaired) electrons. The van der Waals surface area contributed by atoms with Crippen molar-refractivity contribution in [3.05, 3.63) is 59.3 Å². The average molecular weight is 451 g/mol. The Labute approximate surface area is 183 Å². The lowest BCUT2D eigenvalue weighted by molar-refractivity contribution is -0.141. The molecule has 0 bridgehead atoms. The highest BCUT2D eigenvalue weighted by Gasteiger charge is 2.34. The van der Waals surface area contributed by atoms with Crippen LogP contribution in [0.15, 0.2) is 42.5 Å². The van der Waals surface area contributed by atoms with Gasteiger partial charge in [-0.2, -0.15) is 13.2 Å². The molecule has 1 aromatic carbocycles. The minimum absolute atomic E-state index is 0.0395. The maximum Gasteiger partial charge on any atom is 0.433 e. The van der Waals surface area contributed by atoms with Crippen molar-refractivity contribution in [2.45, 2.75) is 19.6 Å². The second-order valence-corrected chi connectivity index (χ2v) is 7.31. The zero-order valence-electron chi connectivity index (χ0n) is 17.5. The highest BCUT2D eigenvalue weighted by atomic mass is 19.4. The number of pyridine rings is 1. The van der Waals surface area contributed by atoms with Crippen LogP contribution in [0.3, 0.4) is 0 Å². The molecule has 1 fully saturated rings. The molecule has 8 nitrogen and oxygen atoms in total. The quantitative estimate of drug-likeness (QED) is 0.539. The van der Waals surface area contributed by atoms with Crippen molar-refractivity contribution in [3.8, 4) is 0 Å². The number of nitrogens with zero attached hydrogens (tertiary/aromatic N) is 4. The van der Waals surface area contributed by atoms with Gasteiger partial charge in [0.25, 0.3) is 5.91 Å². The molecule has 11 heteroatoms. The molecule has 3 rings (SSSR count). The molecule has 3 amide bonds. The summed E-state index contributed by atoms with van der Waals surface area (Å²) in [5.41, 5.74) is 1.22. The first-order valence-electron chi connectivity index (χ1n) is 10.1. The molecule has 0 saturated carbocycles. The van der Waals surface area contributed by atoms with Gasteiger partial charge in [0.05, 0.1) is 6.54 Å². The van der Waals surface area contributed by atoms with Gasteiger partial charge in [0, 0.05) is 31.7 Å². The second kappa shape index (κ2) is 9.96. The Kier molecular flexibility index (Phi) is 7.31. The zero-order chi connectivity index (χ0) is 23.3. The number of benzene rings is 1. The number of likely N-dealkylation sites (N-methyl/N-ethyl adjacent to an activating group) is 1. The van der Waals surface area contributed by atoms with Gasteiger partial charge in [0.15, 0.2) is 0 Å². The minimum atomic E-state index is -4.64. The number of nitrogens with one attached hydrogen (secondary N) is 1. The minimum Gasteiger partial charge on any atom is -0.322 e. The molecule has 1 saturated heterocycles. The smallest absolute Gasteiger partial charge is 0.322 e. The van der Waals surface area contributed by atoms with Crippen molar-refractivity contribution in [3.63, 3.8) is 0 Å². The number of carbonyl (C=O) groups is 2. The number of hydrogen-bond acceptors (Lipinski definition) is 5. The van der Waals surface area contributed by atoms with Crippen molar-refractivity contribution in [2.75, 3.05) is 37.6 Å². The molecule has 1 aromatic heterocycles. The van der Waals surface area contributed by atoms with E-state index < -0.39 is 23.8 Å². The summed E-state index contributed by atoms with van der Waals surface area (Å²) >= 11 is 0. The number of alkyl halides is 3. The van der Waals surface area contributed by atoms with E-state index in [1.54, 1.807) is 17.0 Å². The number of carbonyl (C=O) groups excluding carboxylic acids is 2.